The molecule has 12 heteroatoms. The van der Waals surface area contributed by atoms with E-state index >= 15 is 0 Å². The molecule has 0 spiro atoms. The van der Waals surface area contributed by atoms with E-state index in [1.807, 2.05) is 0 Å². The van der Waals surface area contributed by atoms with Gasteiger partial charge in [0.05, 0.1) is 62.6 Å². The number of nitrogens with one attached hydrogen (secondary N) is 1. The lowest BCUT2D eigenvalue weighted by atomic mass is 9.80. The third-order valence-corrected chi connectivity index (χ3v) is 6.18. The topological polar surface area (TPSA) is 144 Å². The number of hydrogen-bond acceptors (Lipinski definition) is 10. The summed E-state index contributed by atoms with van der Waals surface area (Å²) >= 11 is 6.51. The predicted molar refractivity (Wildman–Crippen MR) is 139 cm³/mol. The summed E-state index contributed by atoms with van der Waals surface area (Å²) in [6, 6.07) is 6.96. The lowest BCUT2D eigenvalue weighted by molar-refractivity contribution is -0.139. The van der Waals surface area contributed by atoms with Crippen LogP contribution in [0, 0.1) is 0 Å². The third kappa shape index (κ3) is 6.17. The molecule has 38 heavy (non-hydrogen) atoms. The van der Waals surface area contributed by atoms with Gasteiger partial charge in [-0.3, -0.25) is 0 Å². The lowest BCUT2D eigenvalue weighted by Crippen LogP contribution is -2.35. The maximum absolute atomic E-state index is 13.2. The normalized spacial score (nSPS) is 15.2. The fraction of sp³-hybridized carbons (Fsp3) is 0.385. The van der Waals surface area contributed by atoms with E-state index in [1.54, 1.807) is 49.6 Å². The number of carbonyl (C=O) groups excluding carboxylic acids is 3. The molecule has 2 heterocycles. The number of rotatable bonds is 11. The van der Waals surface area contributed by atoms with Crippen molar-refractivity contribution in [3.63, 3.8) is 0 Å². The van der Waals surface area contributed by atoms with Crippen molar-refractivity contribution >= 4 is 35.3 Å². The van der Waals surface area contributed by atoms with Crippen LogP contribution in [0.15, 0.2) is 53.1 Å². The fourth-order valence-electron chi connectivity index (χ4n) is 4.12. The Morgan fingerprint density at radius 1 is 1.08 bits per heavy atom. The highest BCUT2D eigenvalue weighted by Crippen LogP contribution is 2.41. The molecule has 1 unspecified atom stereocenters. The largest absolute Gasteiger partial charge is 0.466 e. The van der Waals surface area contributed by atoms with Gasteiger partial charge >= 0.3 is 17.9 Å². The summed E-state index contributed by atoms with van der Waals surface area (Å²) in [4.78, 5) is 42.0. The van der Waals surface area contributed by atoms with Crippen molar-refractivity contribution in [2.45, 2.75) is 33.2 Å². The molecule has 204 valence electrons. The number of halogens is 1. The average Bonchev–Trinajstić information content (AvgIpc) is 3.26. The molecular weight excluding hydrogens is 516 g/mol. The van der Waals surface area contributed by atoms with Crippen molar-refractivity contribution in [2.24, 2.45) is 0 Å². The minimum Gasteiger partial charge on any atom is -0.466 e. The number of imidazole rings is 1. The molecule has 3 rings (SSSR count). The smallest absolute Gasteiger partial charge is 0.360 e. The molecule has 11 nitrogen and oxygen atoms in total. The fourth-order valence-corrected chi connectivity index (χ4v) is 4.37. The monoisotopic (exact) mass is 546 g/mol. The Morgan fingerprint density at radius 2 is 1.76 bits per heavy atom. The second-order valence-corrected chi connectivity index (χ2v) is 8.57. The number of ether oxygens (including phenoxy) is 4. The van der Waals surface area contributed by atoms with Crippen LogP contribution in [-0.4, -0.2) is 61.0 Å². The molecule has 1 aromatic heterocycles. The van der Waals surface area contributed by atoms with Crippen LogP contribution in [0.1, 0.15) is 42.7 Å². The molecule has 1 aliphatic heterocycles. The zero-order valence-corrected chi connectivity index (χ0v) is 22.5. The van der Waals surface area contributed by atoms with Gasteiger partial charge in [-0.05, 0) is 32.4 Å². The number of allylic oxidation sites excluding steroid dienone is 1. The first kappa shape index (κ1) is 28.7. The minimum absolute atomic E-state index is 0.0137. The molecule has 0 bridgehead atoms. The van der Waals surface area contributed by atoms with Gasteiger partial charge in [-0.1, -0.05) is 29.8 Å². The van der Waals surface area contributed by atoms with Crippen LogP contribution < -0.4 is 11.1 Å². The number of nitrogen functional groups attached to an aromatic ring is 1. The Morgan fingerprint density at radius 3 is 2.42 bits per heavy atom. The molecule has 0 radical (unpaired) electrons. The molecule has 0 saturated carbocycles. The molecule has 0 fully saturated rings. The molecule has 0 amide bonds. The number of hydrogen-bond donors (Lipinski definition) is 2. The van der Waals surface area contributed by atoms with Gasteiger partial charge in [0.1, 0.15) is 5.82 Å². The van der Waals surface area contributed by atoms with E-state index in [1.165, 1.54) is 13.4 Å². The summed E-state index contributed by atoms with van der Waals surface area (Å²) in [5.74, 6) is -2.50. The van der Waals surface area contributed by atoms with Crippen molar-refractivity contribution in [3.05, 3.63) is 69.4 Å². The zero-order chi connectivity index (χ0) is 27.8. The minimum atomic E-state index is -0.841. The number of esters is 3. The molecule has 2 aromatic rings. The first-order chi connectivity index (χ1) is 18.2. The second kappa shape index (κ2) is 13.1. The number of methoxy groups -OCH3 is 1. The Hall–Kier alpha value is -3.83. The summed E-state index contributed by atoms with van der Waals surface area (Å²) in [6.45, 7) is 5.88. The maximum atomic E-state index is 13.2. The highest BCUT2D eigenvalue weighted by atomic mass is 35.5. The Balaban J connectivity index is 1.89. The van der Waals surface area contributed by atoms with E-state index in [0.29, 0.717) is 22.0 Å². The Labute approximate surface area is 225 Å². The standard InChI is InChI=1S/C26H31ClN4O7/c1-5-37-25(33)21-18(13-36-12-11-31-14-29-22(23(31)28)26(34)38-6-2)30-15(3)19(24(32)35-4)20(21)16-9-7-8-10-17(16)27/h7-10,14,20,30H,5-6,11-13,28H2,1-4H3. The van der Waals surface area contributed by atoms with Crippen molar-refractivity contribution < 1.29 is 33.3 Å². The number of dihydropyridines is 1. The highest BCUT2D eigenvalue weighted by Gasteiger charge is 2.39. The number of anilines is 1. The van der Waals surface area contributed by atoms with E-state index in [0.717, 1.165) is 0 Å². The van der Waals surface area contributed by atoms with Crippen LogP contribution in [-0.2, 0) is 35.1 Å². The molecule has 1 atom stereocenters. The van der Waals surface area contributed by atoms with E-state index in [9.17, 15) is 14.4 Å². The second-order valence-electron chi connectivity index (χ2n) is 8.17. The van der Waals surface area contributed by atoms with Crippen LogP contribution in [0.4, 0.5) is 5.82 Å². The van der Waals surface area contributed by atoms with Gasteiger partial charge < -0.3 is 34.6 Å². The van der Waals surface area contributed by atoms with Gasteiger partial charge in [0.15, 0.2) is 5.69 Å². The predicted octanol–water partition coefficient (Wildman–Crippen LogP) is 2.96. The van der Waals surface area contributed by atoms with Gasteiger partial charge in [-0.2, -0.15) is 0 Å². The molecular formula is C26H31ClN4O7. The van der Waals surface area contributed by atoms with E-state index in [-0.39, 0.29) is 55.6 Å². The van der Waals surface area contributed by atoms with Gasteiger partial charge in [-0.25, -0.2) is 19.4 Å². The number of benzene rings is 1. The average molecular weight is 547 g/mol. The van der Waals surface area contributed by atoms with Crippen molar-refractivity contribution in [3.8, 4) is 0 Å². The van der Waals surface area contributed by atoms with Crippen molar-refractivity contribution in [1.29, 1.82) is 0 Å². The lowest BCUT2D eigenvalue weighted by Gasteiger charge is -2.31. The number of aromatic nitrogens is 2. The van der Waals surface area contributed by atoms with Crippen LogP contribution in [0.2, 0.25) is 5.02 Å². The summed E-state index contributed by atoms with van der Waals surface area (Å²) in [6.07, 6.45) is 1.43. The summed E-state index contributed by atoms with van der Waals surface area (Å²) < 4.78 is 22.8. The first-order valence-corrected chi connectivity index (χ1v) is 12.4. The molecule has 0 aliphatic carbocycles. The Bertz CT molecular complexity index is 1270. The molecule has 1 aromatic carbocycles. The zero-order valence-electron chi connectivity index (χ0n) is 21.7. The van der Waals surface area contributed by atoms with Crippen LogP contribution in [0.25, 0.3) is 0 Å². The number of nitrogens with zero attached hydrogens (tertiary/aromatic N) is 2. The van der Waals surface area contributed by atoms with Crippen LogP contribution in [0.3, 0.4) is 0 Å². The Kier molecular flexibility index (Phi) is 9.91. The van der Waals surface area contributed by atoms with Gasteiger partial charge in [0.25, 0.3) is 0 Å². The van der Waals surface area contributed by atoms with E-state index < -0.39 is 23.8 Å². The molecule has 0 saturated heterocycles. The van der Waals surface area contributed by atoms with Gasteiger partial charge in [0.2, 0.25) is 0 Å². The molecule has 3 N–H and O–H groups in total. The molecule has 1 aliphatic rings. The maximum Gasteiger partial charge on any atom is 0.360 e. The summed E-state index contributed by atoms with van der Waals surface area (Å²) in [7, 11) is 1.27. The SMILES string of the molecule is CCOC(=O)C1=C(COCCn2cnc(C(=O)OCC)c2N)NC(C)=C(C(=O)OC)C1c1ccccc1Cl. The van der Waals surface area contributed by atoms with E-state index in [2.05, 4.69) is 10.3 Å². The van der Waals surface area contributed by atoms with Gasteiger partial charge in [-0.15, -0.1) is 0 Å². The number of carbonyl (C=O) groups is 3. The summed E-state index contributed by atoms with van der Waals surface area (Å²) in [5.41, 5.74) is 7.95. The van der Waals surface area contributed by atoms with Crippen molar-refractivity contribution in [1.82, 2.24) is 14.9 Å². The van der Waals surface area contributed by atoms with E-state index in [4.69, 9.17) is 36.3 Å². The van der Waals surface area contributed by atoms with Crippen molar-refractivity contribution in [2.75, 3.05) is 39.3 Å². The quantitative estimate of drug-likeness (QED) is 0.245. The first-order valence-electron chi connectivity index (χ1n) is 12.0. The van der Waals surface area contributed by atoms with Crippen LogP contribution in [0.5, 0.6) is 0 Å². The summed E-state index contributed by atoms with van der Waals surface area (Å²) in [5, 5.41) is 3.50. The third-order valence-electron chi connectivity index (χ3n) is 5.83. The van der Waals surface area contributed by atoms with Gasteiger partial charge in [0, 0.05) is 17.3 Å². The number of nitrogens with two attached hydrogens (primary N) is 1. The van der Waals surface area contributed by atoms with Crippen LogP contribution >= 0.6 is 11.6 Å². The highest BCUT2D eigenvalue weighted by molar-refractivity contribution is 6.31.